The van der Waals surface area contributed by atoms with Crippen molar-refractivity contribution in [2.75, 3.05) is 6.54 Å². The van der Waals surface area contributed by atoms with Crippen molar-refractivity contribution in [1.82, 2.24) is 9.88 Å². The van der Waals surface area contributed by atoms with Crippen LogP contribution < -0.4 is 0 Å². The maximum atomic E-state index is 10.3. The highest BCUT2D eigenvalue weighted by molar-refractivity contribution is 5.80. The third-order valence-electron chi connectivity index (χ3n) is 5.26. The molecule has 3 heteroatoms. The third kappa shape index (κ3) is 2.40. The Kier molecular flexibility index (Phi) is 3.30. The van der Waals surface area contributed by atoms with Gasteiger partial charge in [0.15, 0.2) is 0 Å². The first-order valence-electron chi connectivity index (χ1n) is 8.13. The Hall–Kier alpha value is -1.61. The summed E-state index contributed by atoms with van der Waals surface area (Å²) in [5.41, 5.74) is 1.81. The van der Waals surface area contributed by atoms with Gasteiger partial charge in [-0.1, -0.05) is 31.0 Å². The summed E-state index contributed by atoms with van der Waals surface area (Å²) >= 11 is 0. The number of aromatic nitrogens is 1. The number of para-hydroxylation sites is 1. The van der Waals surface area contributed by atoms with Gasteiger partial charge in [-0.2, -0.15) is 0 Å². The molecule has 1 N–H and O–H groups in total. The molecule has 2 heterocycles. The summed E-state index contributed by atoms with van der Waals surface area (Å²) in [7, 11) is 0. The van der Waals surface area contributed by atoms with E-state index in [2.05, 4.69) is 9.88 Å². The van der Waals surface area contributed by atoms with Gasteiger partial charge in [0, 0.05) is 18.0 Å². The van der Waals surface area contributed by atoms with Crippen LogP contribution >= 0.6 is 0 Å². The molecule has 21 heavy (non-hydrogen) atoms. The highest BCUT2D eigenvalue weighted by Crippen LogP contribution is 2.37. The minimum absolute atomic E-state index is 0.341. The van der Waals surface area contributed by atoms with Crippen LogP contribution in [0.15, 0.2) is 30.3 Å². The first-order valence-corrected chi connectivity index (χ1v) is 8.13. The zero-order valence-corrected chi connectivity index (χ0v) is 12.3. The maximum absolute atomic E-state index is 10.3. The van der Waals surface area contributed by atoms with Crippen molar-refractivity contribution in [2.45, 2.75) is 44.7 Å². The highest BCUT2D eigenvalue weighted by atomic mass is 16.3. The number of likely N-dealkylation sites (tertiary alicyclic amines) is 1. The predicted octanol–water partition coefficient (Wildman–Crippen LogP) is 3.70. The molecule has 3 nitrogen and oxygen atoms in total. The number of rotatable bonds is 2. The average molecular weight is 282 g/mol. The molecule has 1 aromatic heterocycles. The first-order chi connectivity index (χ1) is 10.3. The van der Waals surface area contributed by atoms with Crippen molar-refractivity contribution in [1.29, 1.82) is 0 Å². The monoisotopic (exact) mass is 282 g/mol. The maximum Gasteiger partial charge on any atom is 0.139 e. The number of aromatic hydroxyl groups is 1. The van der Waals surface area contributed by atoms with Gasteiger partial charge in [0.1, 0.15) is 5.75 Å². The van der Waals surface area contributed by atoms with Crippen molar-refractivity contribution in [3.63, 3.8) is 0 Å². The topological polar surface area (TPSA) is 36.4 Å². The fourth-order valence-electron chi connectivity index (χ4n) is 4.15. The van der Waals surface area contributed by atoms with Crippen molar-refractivity contribution < 1.29 is 5.11 Å². The van der Waals surface area contributed by atoms with Gasteiger partial charge in [-0.25, -0.2) is 4.98 Å². The number of hydrogen-bond acceptors (Lipinski definition) is 3. The smallest absolute Gasteiger partial charge is 0.139 e. The van der Waals surface area contributed by atoms with Crippen molar-refractivity contribution in [2.24, 2.45) is 5.92 Å². The zero-order chi connectivity index (χ0) is 14.2. The van der Waals surface area contributed by atoms with Crippen LogP contribution in [0.25, 0.3) is 10.9 Å². The van der Waals surface area contributed by atoms with Gasteiger partial charge in [0.25, 0.3) is 0 Å². The summed E-state index contributed by atoms with van der Waals surface area (Å²) in [5.74, 6) is 1.22. The van der Waals surface area contributed by atoms with Crippen LogP contribution in [0, 0.1) is 5.92 Å². The van der Waals surface area contributed by atoms with Gasteiger partial charge in [0.05, 0.1) is 11.2 Å². The number of pyridine rings is 1. The lowest BCUT2D eigenvalue weighted by Crippen LogP contribution is -2.34. The van der Waals surface area contributed by atoms with Crippen LogP contribution in [0.1, 0.15) is 37.8 Å². The van der Waals surface area contributed by atoms with E-state index in [1.165, 1.54) is 32.1 Å². The quantitative estimate of drug-likeness (QED) is 0.912. The van der Waals surface area contributed by atoms with E-state index in [0.717, 1.165) is 35.6 Å². The average Bonchev–Trinajstić information content (AvgIpc) is 2.91. The minimum atomic E-state index is 0.341. The summed E-state index contributed by atoms with van der Waals surface area (Å²) in [5, 5.41) is 11.3. The lowest BCUT2D eigenvalue weighted by molar-refractivity contribution is 0.173. The molecule has 2 atom stereocenters. The summed E-state index contributed by atoms with van der Waals surface area (Å²) < 4.78 is 0. The van der Waals surface area contributed by atoms with E-state index >= 15 is 0 Å². The van der Waals surface area contributed by atoms with Gasteiger partial charge in [-0.15, -0.1) is 0 Å². The molecule has 4 rings (SSSR count). The Balaban J connectivity index is 1.60. The predicted molar refractivity (Wildman–Crippen MR) is 84.2 cm³/mol. The summed E-state index contributed by atoms with van der Waals surface area (Å²) in [4.78, 5) is 7.23. The van der Waals surface area contributed by atoms with Crippen LogP contribution in [0.4, 0.5) is 0 Å². The van der Waals surface area contributed by atoms with E-state index in [1.54, 1.807) is 0 Å². The molecule has 1 aliphatic carbocycles. The fourth-order valence-corrected chi connectivity index (χ4v) is 4.15. The molecule has 110 valence electrons. The Morgan fingerprint density at radius 3 is 2.95 bits per heavy atom. The molecule has 1 saturated carbocycles. The second-order valence-electron chi connectivity index (χ2n) is 6.52. The van der Waals surface area contributed by atoms with Gasteiger partial charge >= 0.3 is 0 Å². The van der Waals surface area contributed by atoms with Crippen molar-refractivity contribution in [3.05, 3.63) is 36.0 Å². The van der Waals surface area contributed by atoms with Crippen LogP contribution in [-0.2, 0) is 6.54 Å². The van der Waals surface area contributed by atoms with Crippen molar-refractivity contribution in [3.8, 4) is 5.75 Å². The molecule has 1 aromatic carbocycles. The summed E-state index contributed by atoms with van der Waals surface area (Å²) in [6.07, 6.45) is 6.78. The lowest BCUT2D eigenvalue weighted by atomic mass is 9.85. The van der Waals surface area contributed by atoms with E-state index in [4.69, 9.17) is 0 Å². The molecule has 2 fully saturated rings. The second-order valence-corrected chi connectivity index (χ2v) is 6.52. The van der Waals surface area contributed by atoms with Gasteiger partial charge in [-0.05, 0) is 43.9 Å². The van der Waals surface area contributed by atoms with Crippen LogP contribution in [0.2, 0.25) is 0 Å². The third-order valence-corrected chi connectivity index (χ3v) is 5.26. The van der Waals surface area contributed by atoms with E-state index < -0.39 is 0 Å². The Morgan fingerprint density at radius 1 is 1.14 bits per heavy atom. The molecule has 2 unspecified atom stereocenters. The second kappa shape index (κ2) is 5.30. The lowest BCUT2D eigenvalue weighted by Gasteiger charge is -2.31. The largest absolute Gasteiger partial charge is 0.506 e. The normalized spacial score (nSPS) is 26.1. The standard InChI is InChI=1S/C18H22N2O/c21-18-11-14-6-1-3-7-15(14)19-16(18)12-20-10-9-13-5-2-4-8-17(13)20/h1,3,6-7,11,13,17,21H,2,4-5,8-10,12H2. The number of benzene rings is 1. The SMILES string of the molecule is Oc1cc2ccccc2nc1CN1CCC2CCCCC21. The van der Waals surface area contributed by atoms with Crippen LogP contribution in [0.3, 0.4) is 0 Å². The summed E-state index contributed by atoms with van der Waals surface area (Å²) in [6.45, 7) is 1.95. The van der Waals surface area contributed by atoms with Gasteiger partial charge in [-0.3, -0.25) is 4.90 Å². The fraction of sp³-hybridized carbons (Fsp3) is 0.500. The van der Waals surface area contributed by atoms with E-state index in [9.17, 15) is 5.11 Å². The number of hydrogen-bond donors (Lipinski definition) is 1. The number of fused-ring (bicyclic) bond motifs is 2. The molecule has 0 radical (unpaired) electrons. The summed E-state index contributed by atoms with van der Waals surface area (Å²) in [6, 6.07) is 10.6. The highest BCUT2D eigenvalue weighted by Gasteiger charge is 2.35. The molecule has 0 amide bonds. The molecular weight excluding hydrogens is 260 g/mol. The van der Waals surface area contributed by atoms with Gasteiger partial charge in [0.2, 0.25) is 0 Å². The van der Waals surface area contributed by atoms with Crippen LogP contribution in [-0.4, -0.2) is 27.6 Å². The van der Waals surface area contributed by atoms with Crippen molar-refractivity contribution >= 4 is 10.9 Å². The molecule has 1 saturated heterocycles. The Bertz CT molecular complexity index is 655. The molecule has 2 aliphatic rings. The van der Waals surface area contributed by atoms with E-state index in [0.29, 0.717) is 11.8 Å². The zero-order valence-electron chi connectivity index (χ0n) is 12.3. The van der Waals surface area contributed by atoms with E-state index in [1.807, 2.05) is 30.3 Å². The number of nitrogens with zero attached hydrogens (tertiary/aromatic N) is 2. The first kappa shape index (κ1) is 13.1. The molecule has 0 bridgehead atoms. The molecule has 2 aromatic rings. The van der Waals surface area contributed by atoms with Crippen LogP contribution in [0.5, 0.6) is 5.75 Å². The minimum Gasteiger partial charge on any atom is -0.506 e. The molecule has 1 aliphatic heterocycles. The van der Waals surface area contributed by atoms with Gasteiger partial charge < -0.3 is 5.11 Å². The molecular formula is C18H22N2O. The Morgan fingerprint density at radius 2 is 2.00 bits per heavy atom. The van der Waals surface area contributed by atoms with E-state index in [-0.39, 0.29) is 0 Å². The Labute approximate surface area is 125 Å². The molecule has 0 spiro atoms.